The van der Waals surface area contributed by atoms with Crippen LogP contribution < -0.4 is 0 Å². The number of benzene rings is 1. The first-order valence-corrected chi connectivity index (χ1v) is 4.63. The standard InChI is InChI=1S/C11H10F2N2/c1-7(11-14-5-6-15-11)10-8(12)3-2-4-9(10)13/h2-7H,1H3,(H,14,15). The third kappa shape index (κ3) is 1.75. The summed E-state index contributed by atoms with van der Waals surface area (Å²) in [5.41, 5.74) is 0.0486. The molecule has 1 aromatic heterocycles. The van der Waals surface area contributed by atoms with Crippen LogP contribution in [-0.2, 0) is 0 Å². The van der Waals surface area contributed by atoms with Gasteiger partial charge in [0.1, 0.15) is 17.5 Å². The second kappa shape index (κ2) is 3.81. The van der Waals surface area contributed by atoms with Gasteiger partial charge in [-0.1, -0.05) is 13.0 Å². The van der Waals surface area contributed by atoms with Crippen LogP contribution in [0.3, 0.4) is 0 Å². The van der Waals surface area contributed by atoms with Gasteiger partial charge in [0.05, 0.1) is 0 Å². The number of hydrogen-bond acceptors (Lipinski definition) is 1. The molecule has 1 N–H and O–H groups in total. The van der Waals surface area contributed by atoms with Gasteiger partial charge in [0, 0.05) is 23.9 Å². The Balaban J connectivity index is 2.46. The number of rotatable bonds is 2. The Labute approximate surface area is 86.0 Å². The van der Waals surface area contributed by atoms with Gasteiger partial charge >= 0.3 is 0 Å². The smallest absolute Gasteiger partial charge is 0.130 e. The highest BCUT2D eigenvalue weighted by atomic mass is 19.1. The maximum absolute atomic E-state index is 13.4. The molecule has 4 heteroatoms. The summed E-state index contributed by atoms with van der Waals surface area (Å²) >= 11 is 0. The van der Waals surface area contributed by atoms with Crippen LogP contribution in [0.2, 0.25) is 0 Å². The van der Waals surface area contributed by atoms with Gasteiger partial charge in [0.2, 0.25) is 0 Å². The van der Waals surface area contributed by atoms with Crippen LogP contribution in [0.1, 0.15) is 24.2 Å². The molecule has 1 unspecified atom stereocenters. The van der Waals surface area contributed by atoms with Gasteiger partial charge in [0.15, 0.2) is 0 Å². The number of imidazole rings is 1. The van der Waals surface area contributed by atoms with Crippen LogP contribution in [0, 0.1) is 11.6 Å². The van der Waals surface area contributed by atoms with Crippen molar-refractivity contribution in [2.75, 3.05) is 0 Å². The third-order valence-corrected chi connectivity index (χ3v) is 2.36. The van der Waals surface area contributed by atoms with Crippen molar-refractivity contribution in [2.45, 2.75) is 12.8 Å². The lowest BCUT2D eigenvalue weighted by Gasteiger charge is -2.10. The van der Waals surface area contributed by atoms with E-state index in [1.807, 2.05) is 0 Å². The lowest BCUT2D eigenvalue weighted by Crippen LogP contribution is -2.04. The second-order valence-electron chi connectivity index (χ2n) is 3.33. The highest BCUT2D eigenvalue weighted by Gasteiger charge is 2.18. The van der Waals surface area contributed by atoms with E-state index in [0.717, 1.165) is 0 Å². The Morgan fingerprint density at radius 1 is 1.27 bits per heavy atom. The summed E-state index contributed by atoms with van der Waals surface area (Å²) in [7, 11) is 0. The Morgan fingerprint density at radius 2 is 1.93 bits per heavy atom. The van der Waals surface area contributed by atoms with Gasteiger partial charge in [-0.05, 0) is 12.1 Å². The van der Waals surface area contributed by atoms with Gasteiger partial charge in [-0.2, -0.15) is 0 Å². The summed E-state index contributed by atoms with van der Waals surface area (Å²) in [4.78, 5) is 6.83. The monoisotopic (exact) mass is 208 g/mol. The average Bonchev–Trinajstić information content (AvgIpc) is 2.69. The normalized spacial score (nSPS) is 12.7. The highest BCUT2D eigenvalue weighted by Crippen LogP contribution is 2.25. The number of nitrogens with one attached hydrogen (secondary N) is 1. The van der Waals surface area contributed by atoms with E-state index in [1.165, 1.54) is 18.2 Å². The molecule has 2 nitrogen and oxygen atoms in total. The van der Waals surface area contributed by atoms with Crippen molar-refractivity contribution in [3.8, 4) is 0 Å². The Morgan fingerprint density at radius 3 is 2.47 bits per heavy atom. The van der Waals surface area contributed by atoms with Crippen molar-refractivity contribution >= 4 is 0 Å². The molecule has 0 aliphatic heterocycles. The molecule has 0 fully saturated rings. The number of aromatic amines is 1. The predicted molar refractivity (Wildman–Crippen MR) is 52.5 cm³/mol. The minimum absolute atomic E-state index is 0.0486. The fourth-order valence-electron chi connectivity index (χ4n) is 1.58. The molecule has 1 heterocycles. The molecule has 15 heavy (non-hydrogen) atoms. The van der Waals surface area contributed by atoms with Crippen LogP contribution in [-0.4, -0.2) is 9.97 Å². The number of aromatic nitrogens is 2. The molecule has 0 radical (unpaired) electrons. The minimum atomic E-state index is -0.543. The molecule has 0 aliphatic rings. The van der Waals surface area contributed by atoms with Gasteiger partial charge < -0.3 is 4.98 Å². The third-order valence-electron chi connectivity index (χ3n) is 2.36. The quantitative estimate of drug-likeness (QED) is 0.807. The van der Waals surface area contributed by atoms with Gasteiger partial charge in [-0.15, -0.1) is 0 Å². The molecule has 2 rings (SSSR count). The molecule has 0 aliphatic carbocycles. The van der Waals surface area contributed by atoms with Crippen molar-refractivity contribution < 1.29 is 8.78 Å². The van der Waals surface area contributed by atoms with E-state index in [-0.39, 0.29) is 5.56 Å². The van der Waals surface area contributed by atoms with E-state index in [2.05, 4.69) is 9.97 Å². The van der Waals surface area contributed by atoms with Crippen LogP contribution >= 0.6 is 0 Å². The Hall–Kier alpha value is -1.71. The van der Waals surface area contributed by atoms with Gasteiger partial charge in [-0.3, -0.25) is 0 Å². The van der Waals surface area contributed by atoms with Crippen molar-refractivity contribution in [1.82, 2.24) is 9.97 Å². The number of H-pyrrole nitrogens is 1. The fourth-order valence-corrected chi connectivity index (χ4v) is 1.58. The molecule has 0 bridgehead atoms. The first kappa shape index (κ1) is 9.83. The molecule has 0 saturated carbocycles. The largest absolute Gasteiger partial charge is 0.348 e. The van der Waals surface area contributed by atoms with Crippen LogP contribution in [0.25, 0.3) is 0 Å². The predicted octanol–water partition coefficient (Wildman–Crippen LogP) is 2.84. The van der Waals surface area contributed by atoms with E-state index in [4.69, 9.17) is 0 Å². The van der Waals surface area contributed by atoms with E-state index in [1.54, 1.807) is 19.3 Å². The van der Waals surface area contributed by atoms with E-state index in [0.29, 0.717) is 5.82 Å². The van der Waals surface area contributed by atoms with E-state index < -0.39 is 17.6 Å². The zero-order chi connectivity index (χ0) is 10.8. The maximum atomic E-state index is 13.4. The molecule has 1 aromatic carbocycles. The zero-order valence-electron chi connectivity index (χ0n) is 8.17. The SMILES string of the molecule is CC(c1ncc[nH]1)c1c(F)cccc1F. The van der Waals surface area contributed by atoms with Crippen molar-refractivity contribution in [3.05, 3.63) is 53.6 Å². The van der Waals surface area contributed by atoms with Crippen LogP contribution in [0.15, 0.2) is 30.6 Å². The number of hydrogen-bond donors (Lipinski definition) is 1. The average molecular weight is 208 g/mol. The molecule has 0 amide bonds. The van der Waals surface area contributed by atoms with E-state index in [9.17, 15) is 8.78 Å². The minimum Gasteiger partial charge on any atom is -0.348 e. The first-order valence-electron chi connectivity index (χ1n) is 4.63. The summed E-state index contributed by atoms with van der Waals surface area (Å²) in [5, 5.41) is 0. The Kier molecular flexibility index (Phi) is 2.49. The lowest BCUT2D eigenvalue weighted by atomic mass is 9.99. The lowest BCUT2D eigenvalue weighted by molar-refractivity contribution is 0.543. The summed E-state index contributed by atoms with van der Waals surface area (Å²) in [6.07, 6.45) is 3.19. The number of halogens is 2. The summed E-state index contributed by atoms with van der Waals surface area (Å²) in [6, 6.07) is 3.85. The molecule has 78 valence electrons. The Bertz CT molecular complexity index is 431. The topological polar surface area (TPSA) is 28.7 Å². The van der Waals surface area contributed by atoms with Crippen molar-refractivity contribution in [2.24, 2.45) is 0 Å². The maximum Gasteiger partial charge on any atom is 0.130 e. The number of nitrogens with zero attached hydrogens (tertiary/aromatic N) is 1. The molecule has 1 atom stereocenters. The molecule has 0 spiro atoms. The molecular formula is C11H10F2N2. The second-order valence-corrected chi connectivity index (χ2v) is 3.33. The van der Waals surface area contributed by atoms with Gasteiger partial charge in [-0.25, -0.2) is 13.8 Å². The summed E-state index contributed by atoms with van der Waals surface area (Å²) in [6.45, 7) is 1.71. The van der Waals surface area contributed by atoms with Crippen LogP contribution in [0.5, 0.6) is 0 Å². The molecule has 0 saturated heterocycles. The molecule has 2 aromatic rings. The highest BCUT2D eigenvalue weighted by molar-refractivity contribution is 5.27. The van der Waals surface area contributed by atoms with Crippen LogP contribution in [0.4, 0.5) is 8.78 Å². The van der Waals surface area contributed by atoms with E-state index >= 15 is 0 Å². The summed E-state index contributed by atoms with van der Waals surface area (Å²) < 4.78 is 26.8. The first-order chi connectivity index (χ1) is 7.20. The summed E-state index contributed by atoms with van der Waals surface area (Å²) in [5.74, 6) is -0.946. The fraction of sp³-hybridized carbons (Fsp3) is 0.182. The zero-order valence-corrected chi connectivity index (χ0v) is 8.17. The van der Waals surface area contributed by atoms with Crippen molar-refractivity contribution in [3.63, 3.8) is 0 Å². The molecular weight excluding hydrogens is 198 g/mol. The van der Waals surface area contributed by atoms with Gasteiger partial charge in [0.25, 0.3) is 0 Å². The van der Waals surface area contributed by atoms with Crippen molar-refractivity contribution in [1.29, 1.82) is 0 Å².